The van der Waals surface area contributed by atoms with Crippen LogP contribution in [-0.4, -0.2) is 44.4 Å². The minimum Gasteiger partial charge on any atom is -0.481 e. The molecule has 0 bridgehead atoms. The number of nitrogens with zero attached hydrogens (tertiary/aromatic N) is 3. The molecule has 0 radical (unpaired) electrons. The number of nitro benzene ring substituents is 1. The van der Waals surface area contributed by atoms with Crippen LogP contribution in [0.3, 0.4) is 0 Å². The predicted molar refractivity (Wildman–Crippen MR) is 123 cm³/mol. The van der Waals surface area contributed by atoms with Crippen molar-refractivity contribution in [3.05, 3.63) is 50.5 Å². The minimum absolute atomic E-state index is 0.0214. The van der Waals surface area contributed by atoms with Gasteiger partial charge in [0.25, 0.3) is 5.69 Å². The SMILES string of the molecule is CCC1[C@@H](C(=O)O)CCCN1Cc1sc(NC(C)=O)nc1C=Cc1ccc([N+](=O)[O-])cc1. The van der Waals surface area contributed by atoms with E-state index in [0.29, 0.717) is 23.8 Å². The summed E-state index contributed by atoms with van der Waals surface area (Å²) in [6.07, 6.45) is 5.86. The number of aliphatic carboxylic acids is 1. The van der Waals surface area contributed by atoms with Crippen LogP contribution in [0.25, 0.3) is 12.2 Å². The summed E-state index contributed by atoms with van der Waals surface area (Å²) in [6.45, 7) is 4.77. The Bertz CT molecular complexity index is 1020. The van der Waals surface area contributed by atoms with Crippen molar-refractivity contribution in [2.45, 2.75) is 45.7 Å². The fourth-order valence-corrected chi connectivity index (χ4v) is 5.05. The summed E-state index contributed by atoms with van der Waals surface area (Å²) in [5, 5.41) is 23.6. The Balaban J connectivity index is 1.86. The summed E-state index contributed by atoms with van der Waals surface area (Å²) in [5.74, 6) is -1.37. The van der Waals surface area contributed by atoms with Crippen LogP contribution >= 0.6 is 11.3 Å². The molecule has 1 aliphatic heterocycles. The highest BCUT2D eigenvalue weighted by Crippen LogP contribution is 2.32. The molecule has 1 fully saturated rings. The zero-order valence-electron chi connectivity index (χ0n) is 18.0. The van der Waals surface area contributed by atoms with Gasteiger partial charge in [-0.1, -0.05) is 24.3 Å². The molecule has 10 heteroatoms. The van der Waals surface area contributed by atoms with Crippen molar-refractivity contribution in [2.24, 2.45) is 5.92 Å². The second-order valence-electron chi connectivity index (χ2n) is 7.72. The normalized spacial score (nSPS) is 19.2. The van der Waals surface area contributed by atoms with Gasteiger partial charge in [0.1, 0.15) is 0 Å². The lowest BCUT2D eigenvalue weighted by atomic mass is 9.87. The third-order valence-corrected chi connectivity index (χ3v) is 6.50. The molecule has 9 nitrogen and oxygen atoms in total. The van der Waals surface area contributed by atoms with E-state index in [4.69, 9.17) is 0 Å². The zero-order valence-corrected chi connectivity index (χ0v) is 18.8. The second kappa shape index (κ2) is 10.5. The Morgan fingerprint density at radius 1 is 1.34 bits per heavy atom. The number of carbonyl (C=O) groups excluding carboxylic acids is 1. The maximum atomic E-state index is 11.7. The van der Waals surface area contributed by atoms with Crippen molar-refractivity contribution in [1.82, 2.24) is 9.88 Å². The van der Waals surface area contributed by atoms with Gasteiger partial charge in [-0.3, -0.25) is 24.6 Å². The summed E-state index contributed by atoms with van der Waals surface area (Å²) in [5.41, 5.74) is 1.49. The molecular weight excluding hydrogens is 432 g/mol. The van der Waals surface area contributed by atoms with Crippen LogP contribution in [-0.2, 0) is 16.1 Å². The van der Waals surface area contributed by atoms with Crippen LogP contribution in [0.1, 0.15) is 49.2 Å². The highest BCUT2D eigenvalue weighted by atomic mass is 32.1. The smallest absolute Gasteiger partial charge is 0.308 e. The first-order chi connectivity index (χ1) is 15.3. The van der Waals surface area contributed by atoms with E-state index in [1.807, 2.05) is 19.1 Å². The molecule has 2 heterocycles. The Labute approximate surface area is 189 Å². The number of hydrogen-bond donors (Lipinski definition) is 2. The van der Waals surface area contributed by atoms with Gasteiger partial charge < -0.3 is 10.4 Å². The molecule has 3 rings (SSSR count). The Hall–Kier alpha value is -3.11. The maximum absolute atomic E-state index is 11.7. The van der Waals surface area contributed by atoms with E-state index in [-0.39, 0.29) is 17.6 Å². The van der Waals surface area contributed by atoms with E-state index < -0.39 is 16.8 Å². The Kier molecular flexibility index (Phi) is 7.70. The van der Waals surface area contributed by atoms with Crippen LogP contribution < -0.4 is 5.32 Å². The first-order valence-electron chi connectivity index (χ1n) is 10.4. The van der Waals surface area contributed by atoms with Crippen LogP contribution in [0.4, 0.5) is 10.8 Å². The second-order valence-corrected chi connectivity index (χ2v) is 8.81. The predicted octanol–water partition coefficient (Wildman–Crippen LogP) is 4.26. The fourth-order valence-electron chi connectivity index (χ4n) is 4.03. The van der Waals surface area contributed by atoms with Crippen molar-refractivity contribution < 1.29 is 19.6 Å². The highest BCUT2D eigenvalue weighted by molar-refractivity contribution is 7.16. The lowest BCUT2D eigenvalue weighted by Crippen LogP contribution is -2.47. The van der Waals surface area contributed by atoms with E-state index in [0.717, 1.165) is 29.8 Å². The average molecular weight is 459 g/mol. The standard InChI is InChI=1S/C22H26N4O5S/c1-3-19-17(21(28)29)5-4-12-25(19)13-20-18(24-22(32-20)23-14(2)27)11-8-15-6-9-16(10-7-15)26(30)31/h6-11,17,19H,3-5,12-13H2,1-2H3,(H,28,29)(H,23,24,27)/t17-,19?/m0/s1. The molecule has 1 aromatic carbocycles. The molecule has 1 unspecified atom stereocenters. The van der Waals surface area contributed by atoms with E-state index in [1.165, 1.54) is 30.4 Å². The van der Waals surface area contributed by atoms with Gasteiger partial charge in [-0.2, -0.15) is 0 Å². The van der Waals surface area contributed by atoms with Gasteiger partial charge in [0, 0.05) is 36.5 Å². The summed E-state index contributed by atoms with van der Waals surface area (Å²) < 4.78 is 0. The number of nitrogens with one attached hydrogen (secondary N) is 1. The van der Waals surface area contributed by atoms with Gasteiger partial charge in [-0.25, -0.2) is 4.98 Å². The van der Waals surface area contributed by atoms with Gasteiger partial charge in [0.05, 0.1) is 16.5 Å². The Morgan fingerprint density at radius 3 is 2.66 bits per heavy atom. The quantitative estimate of drug-likeness (QED) is 0.447. The lowest BCUT2D eigenvalue weighted by molar-refractivity contribution is -0.384. The number of aromatic nitrogens is 1. The minimum atomic E-state index is -0.761. The van der Waals surface area contributed by atoms with Gasteiger partial charge in [-0.05, 0) is 49.6 Å². The van der Waals surface area contributed by atoms with Crippen molar-refractivity contribution in [3.63, 3.8) is 0 Å². The molecule has 0 saturated carbocycles. The van der Waals surface area contributed by atoms with Crippen molar-refractivity contribution in [1.29, 1.82) is 0 Å². The first-order valence-corrected chi connectivity index (χ1v) is 11.3. The van der Waals surface area contributed by atoms with Crippen LogP contribution in [0.2, 0.25) is 0 Å². The van der Waals surface area contributed by atoms with Crippen molar-refractivity contribution in [2.75, 3.05) is 11.9 Å². The number of carboxylic acids is 1. The largest absolute Gasteiger partial charge is 0.481 e. The van der Waals surface area contributed by atoms with Crippen LogP contribution in [0.15, 0.2) is 24.3 Å². The lowest BCUT2D eigenvalue weighted by Gasteiger charge is -2.39. The van der Waals surface area contributed by atoms with Crippen LogP contribution in [0, 0.1) is 16.0 Å². The third kappa shape index (κ3) is 5.77. The number of carboxylic acid groups (broad SMARTS) is 1. The number of likely N-dealkylation sites (tertiary alicyclic amines) is 1. The zero-order chi connectivity index (χ0) is 23.3. The number of thiazole rings is 1. The molecular formula is C22H26N4O5S. The monoisotopic (exact) mass is 458 g/mol. The number of hydrogen-bond acceptors (Lipinski definition) is 7. The number of benzene rings is 1. The van der Waals surface area contributed by atoms with Crippen LogP contribution in [0.5, 0.6) is 0 Å². The Morgan fingerprint density at radius 2 is 2.06 bits per heavy atom. The summed E-state index contributed by atoms with van der Waals surface area (Å²) >= 11 is 1.37. The molecule has 1 amide bonds. The summed E-state index contributed by atoms with van der Waals surface area (Å²) in [7, 11) is 0. The number of anilines is 1. The van der Waals surface area contributed by atoms with E-state index in [9.17, 15) is 24.8 Å². The fraction of sp³-hybridized carbons (Fsp3) is 0.409. The number of piperidine rings is 1. The molecule has 2 atom stereocenters. The number of nitro groups is 1. The third-order valence-electron chi connectivity index (χ3n) is 5.52. The van der Waals surface area contributed by atoms with Crippen molar-refractivity contribution >= 4 is 46.2 Å². The van der Waals surface area contributed by atoms with Gasteiger partial charge in [-0.15, -0.1) is 0 Å². The molecule has 1 aliphatic rings. The number of non-ortho nitro benzene ring substituents is 1. The molecule has 1 saturated heterocycles. The number of amides is 1. The molecule has 2 N–H and O–H groups in total. The van der Waals surface area contributed by atoms with E-state index in [1.54, 1.807) is 12.1 Å². The molecule has 0 spiro atoms. The van der Waals surface area contributed by atoms with E-state index >= 15 is 0 Å². The molecule has 32 heavy (non-hydrogen) atoms. The number of carbonyl (C=O) groups is 2. The topological polar surface area (TPSA) is 126 Å². The van der Waals surface area contributed by atoms with E-state index in [2.05, 4.69) is 15.2 Å². The average Bonchev–Trinajstić information content (AvgIpc) is 3.12. The summed E-state index contributed by atoms with van der Waals surface area (Å²) in [4.78, 5) is 41.3. The van der Waals surface area contributed by atoms with Gasteiger partial charge in [0.15, 0.2) is 5.13 Å². The first kappa shape index (κ1) is 23.6. The molecule has 170 valence electrons. The molecule has 2 aromatic rings. The molecule has 0 aliphatic carbocycles. The van der Waals surface area contributed by atoms with Gasteiger partial charge in [0.2, 0.25) is 5.91 Å². The van der Waals surface area contributed by atoms with Crippen molar-refractivity contribution in [3.8, 4) is 0 Å². The number of rotatable bonds is 8. The summed E-state index contributed by atoms with van der Waals surface area (Å²) in [6, 6.07) is 6.14. The maximum Gasteiger partial charge on any atom is 0.308 e. The highest BCUT2D eigenvalue weighted by Gasteiger charge is 2.35. The molecule has 1 aromatic heterocycles. The van der Waals surface area contributed by atoms with Gasteiger partial charge >= 0.3 is 5.97 Å².